The summed E-state index contributed by atoms with van der Waals surface area (Å²) in [6.07, 6.45) is 3.20. The van der Waals surface area contributed by atoms with Crippen molar-refractivity contribution in [3.63, 3.8) is 0 Å². The van der Waals surface area contributed by atoms with E-state index in [1.54, 1.807) is 49.6 Å². The van der Waals surface area contributed by atoms with Crippen LogP contribution in [0, 0.1) is 0 Å². The first-order valence-corrected chi connectivity index (χ1v) is 8.33. The number of esters is 1. The lowest BCUT2D eigenvalue weighted by molar-refractivity contribution is -0.136. The molecule has 7 nitrogen and oxygen atoms in total. The highest BCUT2D eigenvalue weighted by Gasteiger charge is 2.37. The Hall–Kier alpha value is -3.48. The number of rotatable bonds is 4. The molecule has 2 aromatic rings. The Bertz CT molecular complexity index is 970. The van der Waals surface area contributed by atoms with Gasteiger partial charge in [-0.05, 0) is 42.8 Å². The van der Waals surface area contributed by atoms with Gasteiger partial charge in [0, 0.05) is 5.70 Å². The summed E-state index contributed by atoms with van der Waals surface area (Å²) >= 11 is 0. The number of fused-ring (bicyclic) bond motifs is 1. The smallest absolute Gasteiger partial charge is 0.340 e. The molecule has 0 unspecified atom stereocenters. The van der Waals surface area contributed by atoms with Crippen LogP contribution >= 0.6 is 0 Å². The van der Waals surface area contributed by atoms with Crippen LogP contribution in [0.4, 0.5) is 0 Å². The van der Waals surface area contributed by atoms with Crippen molar-refractivity contribution < 1.29 is 28.2 Å². The number of furan rings is 1. The van der Waals surface area contributed by atoms with E-state index in [2.05, 4.69) is 0 Å². The zero-order valence-corrected chi connectivity index (χ0v) is 14.9. The second kappa shape index (κ2) is 6.68. The summed E-state index contributed by atoms with van der Waals surface area (Å²) in [6.45, 7) is 2.11. The number of benzene rings is 1. The Morgan fingerprint density at radius 1 is 1.26 bits per heavy atom. The molecular formula is C20H17NO6. The summed E-state index contributed by atoms with van der Waals surface area (Å²) in [5.74, 6) is 1.02. The molecule has 0 aliphatic carbocycles. The second-order valence-corrected chi connectivity index (χ2v) is 6.09. The number of amides is 1. The Balaban J connectivity index is 1.73. The SMILES string of the molecule is COC(=O)C1=C(C)N(Cc2ccco2)C(=O)/C1=C\c1ccc2c(c1)OCO2. The summed E-state index contributed by atoms with van der Waals surface area (Å²) in [5, 5.41) is 0. The van der Waals surface area contributed by atoms with E-state index in [0.29, 0.717) is 23.0 Å². The maximum atomic E-state index is 13.0. The van der Waals surface area contributed by atoms with Gasteiger partial charge in [0.05, 0.1) is 31.1 Å². The molecule has 27 heavy (non-hydrogen) atoms. The van der Waals surface area contributed by atoms with Crippen LogP contribution in [0.3, 0.4) is 0 Å². The summed E-state index contributed by atoms with van der Waals surface area (Å²) in [4.78, 5) is 26.9. The molecule has 4 rings (SSSR count). The van der Waals surface area contributed by atoms with E-state index in [9.17, 15) is 9.59 Å². The van der Waals surface area contributed by atoms with E-state index in [1.165, 1.54) is 12.0 Å². The van der Waals surface area contributed by atoms with E-state index in [1.807, 2.05) is 0 Å². The van der Waals surface area contributed by atoms with Gasteiger partial charge in [-0.3, -0.25) is 4.79 Å². The van der Waals surface area contributed by atoms with Crippen molar-refractivity contribution in [1.29, 1.82) is 0 Å². The molecule has 7 heteroatoms. The first-order chi connectivity index (χ1) is 13.1. The lowest BCUT2D eigenvalue weighted by Gasteiger charge is -2.16. The van der Waals surface area contributed by atoms with E-state index in [0.717, 1.165) is 5.56 Å². The summed E-state index contributed by atoms with van der Waals surface area (Å²) in [6, 6.07) is 8.86. The third-order valence-electron chi connectivity index (χ3n) is 4.50. The minimum absolute atomic E-state index is 0.164. The summed E-state index contributed by atoms with van der Waals surface area (Å²) in [5.41, 5.74) is 1.75. The number of carbonyl (C=O) groups excluding carboxylic acids is 2. The van der Waals surface area contributed by atoms with Gasteiger partial charge in [0.15, 0.2) is 11.5 Å². The summed E-state index contributed by atoms with van der Waals surface area (Å²) < 4.78 is 20.9. The lowest BCUT2D eigenvalue weighted by atomic mass is 10.0. The zero-order chi connectivity index (χ0) is 19.0. The number of allylic oxidation sites excluding steroid dienone is 1. The van der Waals surface area contributed by atoms with Gasteiger partial charge in [0.25, 0.3) is 5.91 Å². The van der Waals surface area contributed by atoms with Gasteiger partial charge < -0.3 is 23.5 Å². The van der Waals surface area contributed by atoms with Crippen molar-refractivity contribution in [1.82, 2.24) is 4.90 Å². The number of carbonyl (C=O) groups is 2. The second-order valence-electron chi connectivity index (χ2n) is 6.09. The number of ether oxygens (including phenoxy) is 3. The van der Waals surface area contributed by atoms with Crippen LogP contribution in [0.15, 0.2) is 57.9 Å². The highest BCUT2D eigenvalue weighted by Crippen LogP contribution is 2.36. The first kappa shape index (κ1) is 17.0. The molecule has 0 atom stereocenters. The fraction of sp³-hybridized carbons (Fsp3) is 0.200. The quantitative estimate of drug-likeness (QED) is 0.611. The molecular weight excluding hydrogens is 350 g/mol. The van der Waals surface area contributed by atoms with Gasteiger partial charge in [0.2, 0.25) is 6.79 Å². The van der Waals surface area contributed by atoms with E-state index < -0.39 is 5.97 Å². The molecule has 0 saturated heterocycles. The number of hydrogen-bond donors (Lipinski definition) is 0. The average Bonchev–Trinajstić information content (AvgIpc) is 3.39. The maximum Gasteiger partial charge on any atom is 0.340 e. The molecule has 1 amide bonds. The highest BCUT2D eigenvalue weighted by molar-refractivity contribution is 6.16. The Morgan fingerprint density at radius 2 is 2.07 bits per heavy atom. The fourth-order valence-corrected chi connectivity index (χ4v) is 3.15. The van der Waals surface area contributed by atoms with Crippen molar-refractivity contribution in [2.24, 2.45) is 0 Å². The van der Waals surface area contributed by atoms with Gasteiger partial charge in [-0.25, -0.2) is 4.79 Å². The molecule has 0 fully saturated rings. The molecule has 0 radical (unpaired) electrons. The third kappa shape index (κ3) is 2.97. The first-order valence-electron chi connectivity index (χ1n) is 8.33. The van der Waals surface area contributed by atoms with Crippen LogP contribution in [-0.4, -0.2) is 30.7 Å². The van der Waals surface area contributed by atoms with Crippen molar-refractivity contribution in [2.75, 3.05) is 13.9 Å². The highest BCUT2D eigenvalue weighted by atomic mass is 16.7. The molecule has 138 valence electrons. The van der Waals surface area contributed by atoms with Crippen LogP contribution in [-0.2, 0) is 20.9 Å². The third-order valence-corrected chi connectivity index (χ3v) is 4.50. The maximum absolute atomic E-state index is 13.0. The van der Waals surface area contributed by atoms with E-state index in [-0.39, 0.29) is 30.4 Å². The van der Waals surface area contributed by atoms with Gasteiger partial charge >= 0.3 is 5.97 Å². The minimum atomic E-state index is -0.560. The summed E-state index contributed by atoms with van der Waals surface area (Å²) in [7, 11) is 1.29. The van der Waals surface area contributed by atoms with Gasteiger partial charge in [-0.2, -0.15) is 0 Å². The zero-order valence-electron chi connectivity index (χ0n) is 14.9. The van der Waals surface area contributed by atoms with Crippen molar-refractivity contribution in [3.8, 4) is 11.5 Å². The lowest BCUT2D eigenvalue weighted by Crippen LogP contribution is -2.24. The predicted octanol–water partition coefficient (Wildman–Crippen LogP) is 2.88. The van der Waals surface area contributed by atoms with Crippen molar-refractivity contribution in [2.45, 2.75) is 13.5 Å². The van der Waals surface area contributed by atoms with Crippen LogP contribution in [0.2, 0.25) is 0 Å². The van der Waals surface area contributed by atoms with Gasteiger partial charge in [-0.1, -0.05) is 6.07 Å². The van der Waals surface area contributed by atoms with Gasteiger partial charge in [0.1, 0.15) is 5.76 Å². The van der Waals surface area contributed by atoms with Crippen molar-refractivity contribution in [3.05, 3.63) is 64.8 Å². The average molecular weight is 367 g/mol. The Morgan fingerprint density at radius 3 is 2.81 bits per heavy atom. The predicted molar refractivity (Wildman–Crippen MR) is 94.5 cm³/mol. The molecule has 2 aliphatic rings. The van der Waals surface area contributed by atoms with Crippen LogP contribution in [0.1, 0.15) is 18.2 Å². The molecule has 0 spiro atoms. The Kier molecular flexibility index (Phi) is 4.19. The molecule has 0 bridgehead atoms. The molecule has 1 aromatic carbocycles. The number of hydrogen-bond acceptors (Lipinski definition) is 6. The number of nitrogens with zero attached hydrogens (tertiary/aromatic N) is 1. The van der Waals surface area contributed by atoms with Crippen molar-refractivity contribution >= 4 is 18.0 Å². The molecule has 1 aromatic heterocycles. The fourth-order valence-electron chi connectivity index (χ4n) is 3.15. The molecule has 0 saturated carbocycles. The minimum Gasteiger partial charge on any atom is -0.467 e. The normalized spacial score (nSPS) is 17.2. The van der Waals surface area contributed by atoms with E-state index in [4.69, 9.17) is 18.6 Å². The monoisotopic (exact) mass is 367 g/mol. The standard InChI is InChI=1S/C20H17NO6/c1-12-18(20(23)24-2)15(19(22)21(12)10-14-4-3-7-25-14)8-13-5-6-16-17(9-13)27-11-26-16/h3-9H,10-11H2,1-2H3/b15-8-. The van der Waals surface area contributed by atoms with E-state index >= 15 is 0 Å². The molecule has 0 N–H and O–H groups in total. The topological polar surface area (TPSA) is 78.2 Å². The largest absolute Gasteiger partial charge is 0.467 e. The van der Waals surface area contributed by atoms with Crippen LogP contribution in [0.25, 0.3) is 6.08 Å². The molecule has 3 heterocycles. The Labute approximate surface area is 155 Å². The van der Waals surface area contributed by atoms with Crippen LogP contribution < -0.4 is 9.47 Å². The van der Waals surface area contributed by atoms with Crippen LogP contribution in [0.5, 0.6) is 11.5 Å². The molecule has 2 aliphatic heterocycles. The number of methoxy groups -OCH3 is 1. The van der Waals surface area contributed by atoms with Gasteiger partial charge in [-0.15, -0.1) is 0 Å².